The van der Waals surface area contributed by atoms with Gasteiger partial charge in [-0.05, 0) is 6.92 Å². The summed E-state index contributed by atoms with van der Waals surface area (Å²) in [5, 5.41) is 5.90. The molecule has 0 aliphatic carbocycles. The highest BCUT2D eigenvalue weighted by atomic mass is 32.2. The maximum absolute atomic E-state index is 11.5. The van der Waals surface area contributed by atoms with Gasteiger partial charge in [0.15, 0.2) is 0 Å². The van der Waals surface area contributed by atoms with Gasteiger partial charge in [-0.15, -0.1) is 6.42 Å². The predicted molar refractivity (Wildman–Crippen MR) is 55.6 cm³/mol. The summed E-state index contributed by atoms with van der Waals surface area (Å²) in [7, 11) is 0. The minimum atomic E-state index is -0.179. The van der Waals surface area contributed by atoms with Crippen LogP contribution in [0.25, 0.3) is 0 Å². The molecule has 0 aromatic rings. The van der Waals surface area contributed by atoms with E-state index in [1.807, 2.05) is 0 Å². The van der Waals surface area contributed by atoms with Crippen molar-refractivity contribution in [2.45, 2.75) is 19.0 Å². The van der Waals surface area contributed by atoms with Gasteiger partial charge in [-0.25, -0.2) is 0 Å². The average Bonchev–Trinajstić information content (AvgIpc) is 2.19. The molecule has 1 heterocycles. The average molecular weight is 198 g/mol. The highest BCUT2D eigenvalue weighted by Crippen LogP contribution is 2.07. The van der Waals surface area contributed by atoms with Crippen LogP contribution in [0.3, 0.4) is 0 Å². The van der Waals surface area contributed by atoms with Crippen molar-refractivity contribution in [3.63, 3.8) is 0 Å². The Hall–Kier alpha value is -0.660. The molecule has 2 unspecified atom stereocenters. The van der Waals surface area contributed by atoms with E-state index in [9.17, 15) is 4.79 Å². The molecule has 0 spiro atoms. The van der Waals surface area contributed by atoms with E-state index in [2.05, 4.69) is 16.6 Å². The van der Waals surface area contributed by atoms with Crippen molar-refractivity contribution in [1.29, 1.82) is 0 Å². The van der Waals surface area contributed by atoms with Crippen LogP contribution in [-0.2, 0) is 4.79 Å². The lowest BCUT2D eigenvalue weighted by molar-refractivity contribution is -0.122. The fraction of sp³-hybridized carbons (Fsp3) is 0.667. The van der Waals surface area contributed by atoms with Crippen LogP contribution in [-0.4, -0.2) is 36.0 Å². The highest BCUT2D eigenvalue weighted by Gasteiger charge is 2.21. The molecule has 0 aromatic carbocycles. The first kappa shape index (κ1) is 10.4. The third-order valence-electron chi connectivity index (χ3n) is 1.85. The van der Waals surface area contributed by atoms with E-state index >= 15 is 0 Å². The van der Waals surface area contributed by atoms with Gasteiger partial charge in [0.1, 0.15) is 0 Å². The van der Waals surface area contributed by atoms with E-state index in [0.29, 0.717) is 0 Å². The van der Waals surface area contributed by atoms with Crippen molar-refractivity contribution in [3.05, 3.63) is 0 Å². The zero-order valence-electron chi connectivity index (χ0n) is 7.67. The Morgan fingerprint density at radius 1 is 1.85 bits per heavy atom. The fourth-order valence-corrected chi connectivity index (χ4v) is 2.02. The van der Waals surface area contributed by atoms with E-state index in [1.165, 1.54) is 0 Å². The van der Waals surface area contributed by atoms with Crippen molar-refractivity contribution in [2.75, 3.05) is 18.1 Å². The lowest BCUT2D eigenvalue weighted by Crippen LogP contribution is -2.50. The van der Waals surface area contributed by atoms with Crippen LogP contribution in [0.15, 0.2) is 0 Å². The number of carbonyl (C=O) groups excluding carboxylic acids is 1. The second kappa shape index (κ2) is 5.15. The molecule has 0 bridgehead atoms. The Labute approximate surface area is 83.0 Å². The Balaban J connectivity index is 2.34. The molecule has 4 heteroatoms. The van der Waals surface area contributed by atoms with E-state index in [1.54, 1.807) is 18.7 Å². The molecule has 3 nitrogen and oxygen atoms in total. The molecular weight excluding hydrogens is 184 g/mol. The van der Waals surface area contributed by atoms with Gasteiger partial charge in [0.05, 0.1) is 12.1 Å². The maximum Gasteiger partial charge on any atom is 0.238 e. The molecule has 1 aliphatic rings. The van der Waals surface area contributed by atoms with Crippen LogP contribution in [0.1, 0.15) is 6.92 Å². The summed E-state index contributed by atoms with van der Waals surface area (Å²) in [6.45, 7) is 2.70. The summed E-state index contributed by atoms with van der Waals surface area (Å²) in [5.74, 6) is 4.39. The summed E-state index contributed by atoms with van der Waals surface area (Å²) in [5.41, 5.74) is 0. The van der Waals surface area contributed by atoms with Gasteiger partial charge in [0.2, 0.25) is 5.91 Å². The molecule has 1 amide bonds. The van der Waals surface area contributed by atoms with Crippen molar-refractivity contribution in [3.8, 4) is 12.3 Å². The zero-order valence-corrected chi connectivity index (χ0v) is 8.49. The van der Waals surface area contributed by atoms with Crippen molar-refractivity contribution in [1.82, 2.24) is 10.6 Å². The number of nitrogens with one attached hydrogen (secondary N) is 2. The molecule has 0 radical (unpaired) electrons. The normalized spacial score (nSPS) is 24.5. The van der Waals surface area contributed by atoms with Crippen LogP contribution in [0.5, 0.6) is 0 Å². The highest BCUT2D eigenvalue weighted by molar-refractivity contribution is 7.99. The molecule has 13 heavy (non-hydrogen) atoms. The van der Waals surface area contributed by atoms with Crippen LogP contribution in [0, 0.1) is 12.3 Å². The SMILES string of the molecule is C#CC(C)NC(=O)C1CSCCN1. The van der Waals surface area contributed by atoms with Crippen LogP contribution < -0.4 is 10.6 Å². The topological polar surface area (TPSA) is 41.1 Å². The maximum atomic E-state index is 11.5. The quantitative estimate of drug-likeness (QED) is 0.605. The van der Waals surface area contributed by atoms with E-state index in [-0.39, 0.29) is 18.0 Å². The number of hydrogen-bond acceptors (Lipinski definition) is 3. The predicted octanol–water partition coefficient (Wildman–Crippen LogP) is -0.171. The molecule has 1 saturated heterocycles. The number of thioether (sulfide) groups is 1. The number of carbonyl (C=O) groups is 1. The first-order valence-corrected chi connectivity index (χ1v) is 5.47. The lowest BCUT2D eigenvalue weighted by atomic mass is 10.2. The molecule has 0 aromatic heterocycles. The van der Waals surface area contributed by atoms with Crippen molar-refractivity contribution < 1.29 is 4.79 Å². The number of amides is 1. The van der Waals surface area contributed by atoms with E-state index in [0.717, 1.165) is 18.1 Å². The van der Waals surface area contributed by atoms with Gasteiger partial charge in [-0.3, -0.25) is 4.79 Å². The molecule has 1 rings (SSSR count). The smallest absolute Gasteiger partial charge is 0.238 e. The lowest BCUT2D eigenvalue weighted by Gasteiger charge is -2.22. The van der Waals surface area contributed by atoms with Gasteiger partial charge in [-0.2, -0.15) is 11.8 Å². The summed E-state index contributed by atoms with van der Waals surface area (Å²) in [6.07, 6.45) is 5.16. The van der Waals surface area contributed by atoms with Gasteiger partial charge in [0, 0.05) is 18.1 Å². The van der Waals surface area contributed by atoms with E-state index < -0.39 is 0 Å². The van der Waals surface area contributed by atoms with Gasteiger partial charge in [-0.1, -0.05) is 5.92 Å². The summed E-state index contributed by atoms with van der Waals surface area (Å²) < 4.78 is 0. The second-order valence-electron chi connectivity index (χ2n) is 2.98. The molecular formula is C9H14N2OS. The third kappa shape index (κ3) is 3.29. The Bertz CT molecular complexity index is 218. The first-order chi connectivity index (χ1) is 6.24. The van der Waals surface area contributed by atoms with Gasteiger partial charge in [0.25, 0.3) is 0 Å². The monoisotopic (exact) mass is 198 g/mol. The zero-order chi connectivity index (χ0) is 9.68. The summed E-state index contributed by atoms with van der Waals surface area (Å²) in [6, 6.07) is -0.254. The van der Waals surface area contributed by atoms with E-state index in [4.69, 9.17) is 6.42 Å². The largest absolute Gasteiger partial charge is 0.341 e. The number of rotatable bonds is 2. The molecule has 2 atom stereocenters. The van der Waals surface area contributed by atoms with Crippen LogP contribution >= 0.6 is 11.8 Å². The third-order valence-corrected chi connectivity index (χ3v) is 2.91. The second-order valence-corrected chi connectivity index (χ2v) is 4.13. The Kier molecular flexibility index (Phi) is 4.13. The van der Waals surface area contributed by atoms with Crippen LogP contribution in [0.4, 0.5) is 0 Å². The summed E-state index contributed by atoms with van der Waals surface area (Å²) >= 11 is 1.79. The minimum absolute atomic E-state index is 0.0117. The Morgan fingerprint density at radius 3 is 3.15 bits per heavy atom. The molecule has 2 N–H and O–H groups in total. The van der Waals surface area contributed by atoms with Crippen molar-refractivity contribution in [2.24, 2.45) is 0 Å². The fourth-order valence-electron chi connectivity index (χ4n) is 1.09. The first-order valence-electron chi connectivity index (χ1n) is 4.31. The van der Waals surface area contributed by atoms with Crippen molar-refractivity contribution >= 4 is 17.7 Å². The molecule has 72 valence electrons. The minimum Gasteiger partial charge on any atom is -0.341 e. The molecule has 1 fully saturated rings. The Morgan fingerprint density at radius 2 is 2.62 bits per heavy atom. The van der Waals surface area contributed by atoms with Crippen LogP contribution in [0.2, 0.25) is 0 Å². The summed E-state index contributed by atoms with van der Waals surface area (Å²) in [4.78, 5) is 11.5. The van der Waals surface area contributed by atoms with Gasteiger partial charge >= 0.3 is 0 Å². The molecule has 0 saturated carbocycles. The molecule has 1 aliphatic heterocycles. The number of terminal acetylenes is 1. The standard InChI is InChI=1S/C9H14N2OS/c1-3-7(2)11-9(12)8-6-13-5-4-10-8/h1,7-8,10H,4-6H2,2H3,(H,11,12). The number of hydrogen-bond donors (Lipinski definition) is 2. The van der Waals surface area contributed by atoms with Gasteiger partial charge < -0.3 is 10.6 Å².